The van der Waals surface area contributed by atoms with Crippen LogP contribution in [0.15, 0.2) is 47.3 Å². The van der Waals surface area contributed by atoms with Crippen LogP contribution in [0.1, 0.15) is 19.8 Å². The highest BCUT2D eigenvalue weighted by molar-refractivity contribution is 7.92. The van der Waals surface area contributed by atoms with E-state index in [4.69, 9.17) is 4.74 Å². The molecule has 3 aromatic rings. The molecule has 0 spiro atoms. The molecule has 2 aromatic carbocycles. The van der Waals surface area contributed by atoms with Crippen molar-refractivity contribution in [2.24, 2.45) is 7.05 Å². The second-order valence-electron chi connectivity index (χ2n) is 7.02. The largest absolute Gasteiger partial charge is 0.494 e. The van der Waals surface area contributed by atoms with E-state index in [1.807, 2.05) is 6.92 Å². The molecule has 1 heterocycles. The average molecular weight is 464 g/mol. The van der Waals surface area contributed by atoms with Gasteiger partial charge in [0, 0.05) is 25.7 Å². The fourth-order valence-corrected chi connectivity index (χ4v) is 5.06. The van der Waals surface area contributed by atoms with Gasteiger partial charge in [-0.3, -0.25) is 13.9 Å². The third kappa shape index (κ3) is 5.65. The number of anilines is 2. The van der Waals surface area contributed by atoms with Gasteiger partial charge in [-0.15, -0.1) is 0 Å². The molecule has 0 radical (unpaired) electrons. The predicted octanol–water partition coefficient (Wildman–Crippen LogP) is 3.18. The fraction of sp³-hybridized carbons (Fsp3) is 0.333. The predicted molar refractivity (Wildman–Crippen MR) is 125 cm³/mol. The molecule has 166 valence electrons. The minimum atomic E-state index is -3.50. The Balaban J connectivity index is 1.61. The molecule has 0 saturated carbocycles. The molecule has 1 amide bonds. The number of hydrogen-bond donors (Lipinski definition) is 1. The number of fused-ring (bicyclic) bond motifs is 1. The van der Waals surface area contributed by atoms with Crippen molar-refractivity contribution in [3.05, 3.63) is 52.1 Å². The van der Waals surface area contributed by atoms with Crippen LogP contribution < -0.4 is 19.2 Å². The maximum atomic E-state index is 12.3. The molecule has 0 saturated heterocycles. The monoisotopic (exact) mass is 463 g/mol. The van der Waals surface area contributed by atoms with Crippen LogP contribution in [0.5, 0.6) is 5.75 Å². The third-order valence-corrected chi connectivity index (χ3v) is 6.87. The number of aryl methyl sites for hydroxylation is 1. The molecule has 31 heavy (non-hydrogen) atoms. The molecule has 1 N–H and O–H groups in total. The molecular formula is C21H25N3O5S2. The van der Waals surface area contributed by atoms with E-state index in [-0.39, 0.29) is 23.7 Å². The fourth-order valence-electron chi connectivity index (χ4n) is 3.18. The summed E-state index contributed by atoms with van der Waals surface area (Å²) in [5, 5.41) is 2.81. The molecule has 0 atom stereocenters. The summed E-state index contributed by atoms with van der Waals surface area (Å²) in [5.74, 6) is 0.447. The highest BCUT2D eigenvalue weighted by atomic mass is 32.2. The number of carbonyl (C=O) groups is 1. The smallest absolute Gasteiger partial charge is 0.307 e. The Kier molecular flexibility index (Phi) is 7.01. The summed E-state index contributed by atoms with van der Waals surface area (Å²) < 4.78 is 33.5. The molecule has 0 aliphatic heterocycles. The summed E-state index contributed by atoms with van der Waals surface area (Å²) in [6, 6.07) is 12.1. The Morgan fingerprint density at radius 2 is 1.90 bits per heavy atom. The van der Waals surface area contributed by atoms with Crippen molar-refractivity contribution in [3.8, 4) is 5.75 Å². The van der Waals surface area contributed by atoms with Gasteiger partial charge in [-0.25, -0.2) is 8.42 Å². The Hall–Kier alpha value is -2.85. The van der Waals surface area contributed by atoms with E-state index in [0.717, 1.165) is 27.8 Å². The summed E-state index contributed by atoms with van der Waals surface area (Å²) in [5.41, 5.74) is 1.94. The van der Waals surface area contributed by atoms with Gasteiger partial charge in [0.1, 0.15) is 5.75 Å². The maximum Gasteiger partial charge on any atom is 0.307 e. The second-order valence-corrected chi connectivity index (χ2v) is 9.92. The molecule has 0 fully saturated rings. The van der Waals surface area contributed by atoms with Crippen molar-refractivity contribution >= 4 is 48.9 Å². The van der Waals surface area contributed by atoms with Crippen LogP contribution in [-0.4, -0.2) is 38.3 Å². The number of rotatable bonds is 9. The number of ether oxygens (including phenoxy) is 1. The van der Waals surface area contributed by atoms with Gasteiger partial charge in [-0.2, -0.15) is 0 Å². The number of sulfonamides is 1. The first-order chi connectivity index (χ1) is 14.7. The lowest BCUT2D eigenvalue weighted by molar-refractivity contribution is -0.116. The lowest BCUT2D eigenvalue weighted by atomic mass is 10.2. The first kappa shape index (κ1) is 22.8. The standard InChI is InChI=1S/C21H25N3O5S2/c1-4-29-17-10-8-16(9-11-17)24(31(3,27)28)13-5-6-20(25)22-15-7-12-18-19(14-15)30-21(26)23(18)2/h7-12,14H,4-6,13H2,1-3H3,(H,22,25). The van der Waals surface area contributed by atoms with Crippen LogP contribution in [0.3, 0.4) is 0 Å². The van der Waals surface area contributed by atoms with E-state index < -0.39 is 10.0 Å². The molecule has 0 bridgehead atoms. The highest BCUT2D eigenvalue weighted by Crippen LogP contribution is 2.23. The topological polar surface area (TPSA) is 97.7 Å². The first-order valence-electron chi connectivity index (χ1n) is 9.79. The summed E-state index contributed by atoms with van der Waals surface area (Å²) in [6.45, 7) is 2.58. The van der Waals surface area contributed by atoms with Gasteiger partial charge in [0.25, 0.3) is 0 Å². The molecule has 8 nitrogen and oxygen atoms in total. The van der Waals surface area contributed by atoms with Crippen LogP contribution in [0.2, 0.25) is 0 Å². The average Bonchev–Trinajstić information content (AvgIpc) is 2.99. The number of carbonyl (C=O) groups excluding carboxylic acids is 1. The van der Waals surface area contributed by atoms with Gasteiger partial charge in [0.05, 0.1) is 28.8 Å². The minimum absolute atomic E-state index is 0.0615. The molecule has 1 aromatic heterocycles. The summed E-state index contributed by atoms with van der Waals surface area (Å²) >= 11 is 1.12. The summed E-state index contributed by atoms with van der Waals surface area (Å²) in [7, 11) is -1.79. The lowest BCUT2D eigenvalue weighted by Crippen LogP contribution is -2.31. The number of benzene rings is 2. The van der Waals surface area contributed by atoms with Crippen LogP contribution >= 0.6 is 11.3 Å². The van der Waals surface area contributed by atoms with Crippen molar-refractivity contribution in [2.45, 2.75) is 19.8 Å². The number of thiazole rings is 1. The number of aromatic nitrogens is 1. The Labute approximate surface area is 185 Å². The van der Waals surface area contributed by atoms with Crippen LogP contribution in [0.25, 0.3) is 10.2 Å². The molecule has 10 heteroatoms. The summed E-state index contributed by atoms with van der Waals surface area (Å²) in [4.78, 5) is 24.0. The molecule has 0 unspecified atom stereocenters. The van der Waals surface area contributed by atoms with E-state index in [1.165, 1.54) is 4.31 Å². The van der Waals surface area contributed by atoms with Gasteiger partial charge in [-0.05, 0) is 55.8 Å². The van der Waals surface area contributed by atoms with Gasteiger partial charge in [0.2, 0.25) is 15.9 Å². The van der Waals surface area contributed by atoms with Crippen LogP contribution in [0, 0.1) is 0 Å². The van der Waals surface area contributed by atoms with Crippen molar-refractivity contribution in [1.82, 2.24) is 4.57 Å². The van der Waals surface area contributed by atoms with Gasteiger partial charge >= 0.3 is 4.87 Å². The Bertz CT molecular complexity index is 1230. The van der Waals surface area contributed by atoms with Crippen molar-refractivity contribution in [2.75, 3.05) is 29.0 Å². The van der Waals surface area contributed by atoms with E-state index >= 15 is 0 Å². The second kappa shape index (κ2) is 9.52. The van der Waals surface area contributed by atoms with Gasteiger partial charge in [-0.1, -0.05) is 11.3 Å². The van der Waals surface area contributed by atoms with E-state index in [2.05, 4.69) is 5.32 Å². The van der Waals surface area contributed by atoms with Crippen LogP contribution in [-0.2, 0) is 21.9 Å². The summed E-state index contributed by atoms with van der Waals surface area (Å²) in [6.07, 6.45) is 1.66. The van der Waals surface area contributed by atoms with E-state index in [0.29, 0.717) is 30.2 Å². The van der Waals surface area contributed by atoms with E-state index in [1.54, 1.807) is 54.1 Å². The quantitative estimate of drug-likeness (QED) is 0.526. The first-order valence-corrected chi connectivity index (χ1v) is 12.5. The molecule has 0 aliphatic rings. The molecular weight excluding hydrogens is 438 g/mol. The normalized spacial score (nSPS) is 11.5. The van der Waals surface area contributed by atoms with Crippen molar-refractivity contribution < 1.29 is 17.9 Å². The maximum absolute atomic E-state index is 12.3. The zero-order valence-electron chi connectivity index (χ0n) is 17.6. The molecule has 3 rings (SSSR count). The van der Waals surface area contributed by atoms with Crippen LogP contribution in [0.4, 0.5) is 11.4 Å². The van der Waals surface area contributed by atoms with Crippen molar-refractivity contribution in [1.29, 1.82) is 0 Å². The Morgan fingerprint density at radius 3 is 2.55 bits per heavy atom. The zero-order valence-corrected chi connectivity index (χ0v) is 19.3. The SMILES string of the molecule is CCOc1ccc(N(CCCC(=O)Nc2ccc3c(c2)sc(=O)n3C)S(C)(=O)=O)cc1. The zero-order chi connectivity index (χ0) is 22.6. The number of amides is 1. The number of hydrogen-bond acceptors (Lipinski definition) is 6. The lowest BCUT2D eigenvalue weighted by Gasteiger charge is -2.22. The number of nitrogens with one attached hydrogen (secondary N) is 1. The van der Waals surface area contributed by atoms with E-state index in [9.17, 15) is 18.0 Å². The van der Waals surface area contributed by atoms with Crippen molar-refractivity contribution in [3.63, 3.8) is 0 Å². The minimum Gasteiger partial charge on any atom is -0.494 e. The molecule has 0 aliphatic carbocycles. The van der Waals surface area contributed by atoms with Gasteiger partial charge in [0.15, 0.2) is 0 Å². The number of nitrogens with zero attached hydrogens (tertiary/aromatic N) is 2. The van der Waals surface area contributed by atoms with Gasteiger partial charge < -0.3 is 14.6 Å². The highest BCUT2D eigenvalue weighted by Gasteiger charge is 2.18. The Morgan fingerprint density at radius 1 is 1.19 bits per heavy atom. The third-order valence-electron chi connectivity index (χ3n) is 4.68.